The standard InChI is InChI=1S/C40H22N2OS2.C22H11ClN2OS.C18H12BO2S.2CH4/c1-3-16-35-28(10-1)30-14-6-12-26(38(30)44-35)23-8-5-9-25(20-23)40-41-22-34-37(42-40)32-21-24(18-19-33(32)43-34)27-13-7-15-31-29-11-2-4-17-36(29)45-39(27)31;23-22-24-11-18-20(25-22)16-10-12(8-9-17(16)26-18)13-5-3-6-15-14-4-1-2-7-19(14)27-21(13)15;20-19-21-13-6-3-5-12(11-13)14-8-4-9-16-15-7-1-2-10-17(15)22-18(14)16;;/h1-22H;1-11H;1-11,20H;2*1H4. The molecule has 0 aliphatic carbocycles. The summed E-state index contributed by atoms with van der Waals surface area (Å²) >= 11 is 13.3. The van der Waals surface area contributed by atoms with E-state index in [0.29, 0.717) is 30.4 Å². The largest absolute Gasteiger partial charge is 0.569 e. The summed E-state index contributed by atoms with van der Waals surface area (Å²) in [4.78, 5) is 18.2. The Balaban J connectivity index is 0.000000121. The molecule has 0 aliphatic rings. The maximum absolute atomic E-state index is 8.80. The van der Waals surface area contributed by atoms with Gasteiger partial charge in [-0.2, -0.15) is 0 Å². The van der Waals surface area contributed by atoms with Crippen molar-refractivity contribution in [3.8, 4) is 61.6 Å². The van der Waals surface area contributed by atoms with Gasteiger partial charge in [0.05, 0.1) is 12.4 Å². The summed E-state index contributed by atoms with van der Waals surface area (Å²) < 4.78 is 27.5. The molecule has 1 N–H and O–H groups in total. The van der Waals surface area contributed by atoms with E-state index in [-0.39, 0.29) is 20.1 Å². The second-order valence-electron chi connectivity index (χ2n) is 22.8. The number of benzene rings is 12. The van der Waals surface area contributed by atoms with E-state index in [1.165, 1.54) is 103 Å². The summed E-state index contributed by atoms with van der Waals surface area (Å²) in [6.45, 7) is 0. The number of hydrogen-bond acceptors (Lipinski definition) is 12. The Kier molecular flexibility index (Phi) is 15.7. The summed E-state index contributed by atoms with van der Waals surface area (Å²) in [5, 5.41) is 21.3. The van der Waals surface area contributed by atoms with Crippen LogP contribution in [0.1, 0.15) is 14.9 Å². The first-order valence-electron chi connectivity index (χ1n) is 30.4. The van der Waals surface area contributed by atoms with Crippen molar-refractivity contribution in [2.45, 2.75) is 14.9 Å². The minimum absolute atomic E-state index is 0. The highest BCUT2D eigenvalue weighted by atomic mass is 35.5. The number of aromatic nitrogens is 4. The van der Waals surface area contributed by atoms with E-state index in [1.807, 2.05) is 64.5 Å². The first-order chi connectivity index (χ1) is 46.4. The number of hydrogen-bond donors (Lipinski definition) is 1. The topological polar surface area (TPSA) is 107 Å². The van der Waals surface area contributed by atoms with E-state index < -0.39 is 0 Å². The molecule has 0 atom stereocenters. The van der Waals surface area contributed by atoms with Crippen molar-refractivity contribution >= 4 is 189 Å². The highest BCUT2D eigenvalue weighted by Gasteiger charge is 2.19. The van der Waals surface area contributed by atoms with Crippen LogP contribution in [0.2, 0.25) is 5.28 Å². The van der Waals surface area contributed by atoms with E-state index in [2.05, 4.69) is 240 Å². The zero-order chi connectivity index (χ0) is 62.4. The lowest BCUT2D eigenvalue weighted by molar-refractivity contribution is 0.454. The molecule has 0 bridgehead atoms. The minimum atomic E-state index is 0. The van der Waals surface area contributed by atoms with Gasteiger partial charge >= 0.3 is 7.69 Å². The Morgan fingerprint density at radius 3 is 1.15 bits per heavy atom. The third-order valence-corrected chi connectivity index (χ3v) is 22.5. The fraction of sp³-hybridized carbons (Fsp3) is 0.0244. The van der Waals surface area contributed by atoms with E-state index in [9.17, 15) is 0 Å². The van der Waals surface area contributed by atoms with Crippen molar-refractivity contribution in [1.82, 2.24) is 19.9 Å². The number of rotatable bonds is 7. The molecule has 1 radical (unpaired) electrons. The third kappa shape index (κ3) is 10.5. The van der Waals surface area contributed by atoms with Crippen molar-refractivity contribution in [3.63, 3.8) is 0 Å². The molecular weight excluding hydrogens is 1280 g/mol. The van der Waals surface area contributed by atoms with Crippen LogP contribution < -0.4 is 4.65 Å². The van der Waals surface area contributed by atoms with E-state index in [1.54, 1.807) is 17.5 Å². The van der Waals surface area contributed by atoms with Crippen LogP contribution in [0.5, 0.6) is 5.75 Å². The highest BCUT2D eigenvalue weighted by Crippen LogP contribution is 2.46. The van der Waals surface area contributed by atoms with Gasteiger partial charge in [-0.15, -0.1) is 45.3 Å². The van der Waals surface area contributed by atoms with Gasteiger partial charge in [0, 0.05) is 97.0 Å². The molecule has 20 rings (SSSR count). The Morgan fingerprint density at radius 2 is 0.698 bits per heavy atom. The summed E-state index contributed by atoms with van der Waals surface area (Å²) in [6, 6.07) is 89.3. The van der Waals surface area contributed by atoms with Crippen molar-refractivity contribution in [2.75, 3.05) is 0 Å². The Bertz CT molecular complexity index is 6410. The van der Waals surface area contributed by atoms with Crippen molar-refractivity contribution in [2.24, 2.45) is 0 Å². The highest BCUT2D eigenvalue weighted by molar-refractivity contribution is 7.27. The van der Waals surface area contributed by atoms with Gasteiger partial charge in [0.15, 0.2) is 17.0 Å². The van der Waals surface area contributed by atoms with Gasteiger partial charge in [-0.1, -0.05) is 203 Å². The first kappa shape index (κ1) is 60.3. The quantitative estimate of drug-likeness (QED) is 0.124. The average molecular weight is 1330 g/mol. The van der Waals surface area contributed by atoms with Crippen LogP contribution in [0.15, 0.2) is 276 Å². The number of halogens is 1. The molecule has 0 fully saturated rings. The third-order valence-electron chi connectivity index (χ3n) is 17.4. The molecule has 0 unspecified atom stereocenters. The molecule has 0 aliphatic heterocycles. The predicted molar refractivity (Wildman–Crippen MR) is 411 cm³/mol. The van der Waals surface area contributed by atoms with Crippen LogP contribution in [0, 0.1) is 0 Å². The molecule has 12 aromatic carbocycles. The molecule has 8 aromatic heterocycles. The predicted octanol–water partition coefficient (Wildman–Crippen LogP) is 25.1. The normalized spacial score (nSPS) is 11.5. The maximum atomic E-state index is 8.80. The molecule has 20 aromatic rings. The van der Waals surface area contributed by atoms with Gasteiger partial charge in [-0.3, -0.25) is 0 Å². The second-order valence-corrected chi connectivity index (χ2v) is 27.4. The lowest BCUT2D eigenvalue weighted by atomic mass is 10.0. The Hall–Kier alpha value is -10.6. The van der Waals surface area contributed by atoms with Crippen LogP contribution >= 0.6 is 56.9 Å². The zero-order valence-electron chi connectivity index (χ0n) is 49.5. The molecule has 8 nitrogen and oxygen atoms in total. The molecular formula is C82H53BClN4O4S4. The molecule has 0 saturated heterocycles. The van der Waals surface area contributed by atoms with Crippen molar-refractivity contribution in [1.29, 1.82) is 0 Å². The van der Waals surface area contributed by atoms with Crippen LogP contribution in [0.3, 0.4) is 0 Å². The van der Waals surface area contributed by atoms with E-state index in [4.69, 9.17) is 40.1 Å². The number of nitrogens with zero attached hydrogens (tertiary/aromatic N) is 4. The SMILES string of the molecule is C.C.Clc1ncc2oc3ccc(-c4cccc5c4sc4ccccc45)cc3c2n1.O[B]Oc1cccc(-c2cccc3c2sc2ccccc23)c1.c1cc(-c2ncc3oc4ccc(-c5cccc6c5sc5ccccc56)cc4c3n2)cc(-c2cccc3c2sc2ccccc23)c1. The Morgan fingerprint density at radius 1 is 0.333 bits per heavy atom. The molecule has 459 valence electrons. The molecule has 0 saturated carbocycles. The Labute approximate surface area is 572 Å². The molecule has 0 amide bonds. The second kappa shape index (κ2) is 24.9. The van der Waals surface area contributed by atoms with Crippen LogP contribution in [0.25, 0.3) is 181 Å². The first-order valence-corrected chi connectivity index (χ1v) is 34.1. The van der Waals surface area contributed by atoms with Gasteiger partial charge in [0.1, 0.15) is 27.9 Å². The van der Waals surface area contributed by atoms with Crippen molar-refractivity contribution < 1.29 is 18.5 Å². The maximum Gasteiger partial charge on any atom is 0.569 e. The monoisotopic (exact) mass is 1330 g/mol. The molecule has 96 heavy (non-hydrogen) atoms. The van der Waals surface area contributed by atoms with E-state index >= 15 is 0 Å². The number of thiophene rings is 4. The summed E-state index contributed by atoms with van der Waals surface area (Å²) in [7, 11) is 0.707. The van der Waals surface area contributed by atoms with E-state index in [0.717, 1.165) is 60.8 Å². The molecule has 8 heterocycles. The molecule has 0 spiro atoms. The van der Waals surface area contributed by atoms with Gasteiger partial charge in [0.25, 0.3) is 0 Å². The molecule has 14 heteroatoms. The van der Waals surface area contributed by atoms with Gasteiger partial charge in [-0.05, 0) is 123 Å². The van der Waals surface area contributed by atoms with Crippen LogP contribution in [-0.4, -0.2) is 32.6 Å². The smallest absolute Gasteiger partial charge is 0.537 e. The van der Waals surface area contributed by atoms with Gasteiger partial charge in [-0.25, -0.2) is 19.9 Å². The summed E-state index contributed by atoms with van der Waals surface area (Å²) in [6.07, 6.45) is 3.43. The van der Waals surface area contributed by atoms with Gasteiger partial charge < -0.3 is 18.5 Å². The van der Waals surface area contributed by atoms with Crippen LogP contribution in [-0.2, 0) is 0 Å². The zero-order valence-corrected chi connectivity index (χ0v) is 53.5. The average Bonchev–Trinajstić information content (AvgIpc) is 1.61. The summed E-state index contributed by atoms with van der Waals surface area (Å²) in [5.74, 6) is 1.31. The lowest BCUT2D eigenvalue weighted by Gasteiger charge is -2.07. The van der Waals surface area contributed by atoms with Crippen molar-refractivity contribution in [3.05, 3.63) is 272 Å². The van der Waals surface area contributed by atoms with Crippen LogP contribution in [0.4, 0.5) is 0 Å². The van der Waals surface area contributed by atoms with Gasteiger partial charge in [0.2, 0.25) is 5.28 Å². The fourth-order valence-electron chi connectivity index (χ4n) is 13.1. The summed E-state index contributed by atoms with van der Waals surface area (Å²) in [5.41, 5.74) is 14.9. The fourth-order valence-corrected chi connectivity index (χ4v) is 18.2. The number of fused-ring (bicyclic) bond motifs is 18. The number of furan rings is 2. The minimum Gasteiger partial charge on any atom is -0.537 e. The lowest BCUT2D eigenvalue weighted by Crippen LogP contribution is -1.99.